The summed E-state index contributed by atoms with van der Waals surface area (Å²) in [5, 5.41) is 29.9. The van der Waals surface area contributed by atoms with Crippen LogP contribution in [-0.2, 0) is 0 Å². The topological polar surface area (TPSA) is 103 Å². The molecule has 0 aromatic carbocycles. The molecule has 0 spiro atoms. The first-order chi connectivity index (χ1) is 7.84. The van der Waals surface area contributed by atoms with Crippen molar-refractivity contribution in [3.63, 3.8) is 0 Å². The highest BCUT2D eigenvalue weighted by molar-refractivity contribution is 6.29. The third-order valence-electron chi connectivity index (χ3n) is 2.03. The molecule has 1 rings (SSSR count). The predicted octanol–water partition coefficient (Wildman–Crippen LogP) is 0.588. The normalized spacial score (nSPS) is 14.1. The van der Waals surface area contributed by atoms with Crippen LogP contribution in [0.4, 0.5) is 5.82 Å². The third-order valence-corrected chi connectivity index (χ3v) is 2.23. The van der Waals surface area contributed by atoms with E-state index < -0.39 is 18.2 Å². The summed E-state index contributed by atoms with van der Waals surface area (Å²) >= 11 is 5.65. The number of aliphatic hydroxyl groups excluding tert-OH is 1. The van der Waals surface area contributed by atoms with Crippen LogP contribution in [0.2, 0.25) is 5.15 Å². The lowest BCUT2D eigenvalue weighted by molar-refractivity contribution is 0.0132. The number of nitrogens with zero attached hydrogens (tertiary/aromatic N) is 1. The molecular formula is C10H13ClN2O4. The van der Waals surface area contributed by atoms with Crippen LogP contribution in [0.3, 0.4) is 0 Å². The molecule has 0 aliphatic heterocycles. The van der Waals surface area contributed by atoms with Crippen molar-refractivity contribution < 1.29 is 20.1 Å². The maximum absolute atomic E-state index is 10.8. The van der Waals surface area contributed by atoms with E-state index in [9.17, 15) is 9.90 Å². The molecule has 0 fully saturated rings. The van der Waals surface area contributed by atoms with Gasteiger partial charge in [-0.2, -0.15) is 0 Å². The van der Waals surface area contributed by atoms with Crippen molar-refractivity contribution in [3.05, 3.63) is 22.8 Å². The van der Waals surface area contributed by atoms with Crippen molar-refractivity contribution in [1.29, 1.82) is 0 Å². The summed E-state index contributed by atoms with van der Waals surface area (Å²) in [7, 11) is 0. The Labute approximate surface area is 103 Å². The van der Waals surface area contributed by atoms with Crippen LogP contribution in [0.5, 0.6) is 0 Å². The van der Waals surface area contributed by atoms with Crippen LogP contribution >= 0.6 is 11.6 Å². The Morgan fingerprint density at radius 2 is 2.24 bits per heavy atom. The number of pyridine rings is 1. The highest BCUT2D eigenvalue weighted by atomic mass is 35.5. The first-order valence-corrected chi connectivity index (χ1v) is 5.20. The second-order valence-corrected chi connectivity index (χ2v) is 4.26. The molecule has 0 saturated carbocycles. The Bertz CT molecular complexity index is 423. The van der Waals surface area contributed by atoms with E-state index in [0.29, 0.717) is 0 Å². The van der Waals surface area contributed by atoms with Crippen molar-refractivity contribution in [2.24, 2.45) is 0 Å². The van der Waals surface area contributed by atoms with Gasteiger partial charge in [-0.25, -0.2) is 9.78 Å². The fourth-order valence-corrected chi connectivity index (χ4v) is 1.26. The van der Waals surface area contributed by atoms with E-state index >= 15 is 0 Å². The molecule has 6 nitrogen and oxygen atoms in total. The summed E-state index contributed by atoms with van der Waals surface area (Å²) in [6, 6.07) is 2.51. The summed E-state index contributed by atoms with van der Waals surface area (Å²) in [4.78, 5) is 14.6. The molecule has 1 aromatic heterocycles. The van der Waals surface area contributed by atoms with Crippen molar-refractivity contribution in [2.75, 3.05) is 18.5 Å². The second-order valence-electron chi connectivity index (χ2n) is 3.88. The Kier molecular flexibility index (Phi) is 4.28. The number of carbonyl (C=O) groups is 1. The molecule has 1 aromatic rings. The number of hydrogen-bond acceptors (Lipinski definition) is 5. The van der Waals surface area contributed by atoms with Gasteiger partial charge in [0, 0.05) is 6.54 Å². The highest BCUT2D eigenvalue weighted by Crippen LogP contribution is 2.15. The molecule has 0 amide bonds. The number of hydrogen-bond donors (Lipinski definition) is 4. The van der Waals surface area contributed by atoms with Gasteiger partial charge in [-0.05, 0) is 19.1 Å². The first kappa shape index (κ1) is 13.7. The van der Waals surface area contributed by atoms with Gasteiger partial charge in [0.2, 0.25) is 0 Å². The van der Waals surface area contributed by atoms with Gasteiger partial charge >= 0.3 is 5.97 Å². The Hall–Kier alpha value is -1.37. The summed E-state index contributed by atoms with van der Waals surface area (Å²) in [6.45, 7) is 1.03. The minimum atomic E-state index is -1.31. The molecule has 1 atom stereocenters. The van der Waals surface area contributed by atoms with Gasteiger partial charge in [0.1, 0.15) is 16.6 Å². The minimum Gasteiger partial charge on any atom is -0.478 e. The zero-order chi connectivity index (χ0) is 13.1. The van der Waals surface area contributed by atoms with Gasteiger partial charge in [0.25, 0.3) is 0 Å². The molecule has 94 valence electrons. The summed E-state index contributed by atoms with van der Waals surface area (Å²) < 4.78 is 0. The van der Waals surface area contributed by atoms with E-state index in [2.05, 4.69) is 10.3 Å². The molecule has 0 aliphatic carbocycles. The van der Waals surface area contributed by atoms with Crippen LogP contribution < -0.4 is 5.32 Å². The third kappa shape index (κ3) is 4.18. The molecule has 0 saturated heterocycles. The molecule has 0 radical (unpaired) electrons. The van der Waals surface area contributed by atoms with Crippen molar-refractivity contribution in [1.82, 2.24) is 4.98 Å². The zero-order valence-corrected chi connectivity index (χ0v) is 9.90. The first-order valence-electron chi connectivity index (χ1n) is 4.82. The van der Waals surface area contributed by atoms with Crippen LogP contribution in [-0.4, -0.2) is 45.0 Å². The number of rotatable bonds is 5. The van der Waals surface area contributed by atoms with Crippen molar-refractivity contribution >= 4 is 23.4 Å². The van der Waals surface area contributed by atoms with Gasteiger partial charge in [-0.1, -0.05) is 11.6 Å². The number of anilines is 1. The maximum Gasteiger partial charge on any atom is 0.335 e. The van der Waals surface area contributed by atoms with Crippen LogP contribution in [0.15, 0.2) is 12.1 Å². The fraction of sp³-hybridized carbons (Fsp3) is 0.400. The molecule has 4 N–H and O–H groups in total. The lowest BCUT2D eigenvalue weighted by Gasteiger charge is -2.21. The van der Waals surface area contributed by atoms with Crippen molar-refractivity contribution in [2.45, 2.75) is 12.5 Å². The lowest BCUT2D eigenvalue weighted by atomic mass is 10.1. The zero-order valence-electron chi connectivity index (χ0n) is 9.14. The smallest absolute Gasteiger partial charge is 0.335 e. The van der Waals surface area contributed by atoms with E-state index in [-0.39, 0.29) is 23.1 Å². The Morgan fingerprint density at radius 1 is 1.59 bits per heavy atom. The van der Waals surface area contributed by atoms with Gasteiger partial charge in [-0.3, -0.25) is 0 Å². The number of carboxylic acids is 1. The van der Waals surface area contributed by atoms with Gasteiger partial charge in [0.15, 0.2) is 0 Å². The Balaban J connectivity index is 2.81. The SMILES string of the molecule is CC(O)(CO)CNc1cc(C(=O)O)cc(Cl)n1. The number of aromatic nitrogens is 1. The highest BCUT2D eigenvalue weighted by Gasteiger charge is 2.19. The van der Waals surface area contributed by atoms with E-state index in [0.717, 1.165) is 0 Å². The number of aliphatic hydroxyl groups is 2. The molecular weight excluding hydrogens is 248 g/mol. The van der Waals surface area contributed by atoms with E-state index in [1.807, 2.05) is 0 Å². The molecule has 1 heterocycles. The standard InChI is InChI=1S/C10H13ClN2O4/c1-10(17,5-14)4-12-8-3-6(9(15)16)2-7(11)13-8/h2-3,14,17H,4-5H2,1H3,(H,12,13)(H,15,16). The average Bonchev–Trinajstić information content (AvgIpc) is 2.26. The summed E-state index contributed by atoms with van der Waals surface area (Å²) in [5.74, 6) is -0.894. The average molecular weight is 261 g/mol. The number of halogens is 1. The monoisotopic (exact) mass is 260 g/mol. The lowest BCUT2D eigenvalue weighted by Crippen LogP contribution is -2.37. The minimum absolute atomic E-state index is 0.00357. The van der Waals surface area contributed by atoms with Crippen LogP contribution in [0.25, 0.3) is 0 Å². The molecule has 0 bridgehead atoms. The molecule has 1 unspecified atom stereocenters. The second kappa shape index (κ2) is 5.31. The molecule has 0 aliphatic rings. The quantitative estimate of drug-likeness (QED) is 0.578. The Morgan fingerprint density at radius 3 is 2.76 bits per heavy atom. The maximum atomic E-state index is 10.8. The molecule has 7 heteroatoms. The predicted molar refractivity (Wildman–Crippen MR) is 62.4 cm³/mol. The van der Waals surface area contributed by atoms with Gasteiger partial charge in [0.05, 0.1) is 12.2 Å². The van der Waals surface area contributed by atoms with Crippen LogP contribution in [0, 0.1) is 0 Å². The number of nitrogens with one attached hydrogen (secondary N) is 1. The van der Waals surface area contributed by atoms with E-state index in [4.69, 9.17) is 21.8 Å². The largest absolute Gasteiger partial charge is 0.478 e. The number of aromatic carboxylic acids is 1. The summed E-state index contributed by atoms with van der Waals surface area (Å²) in [6.07, 6.45) is 0. The van der Waals surface area contributed by atoms with Gasteiger partial charge in [-0.15, -0.1) is 0 Å². The van der Waals surface area contributed by atoms with Crippen LogP contribution in [0.1, 0.15) is 17.3 Å². The van der Waals surface area contributed by atoms with E-state index in [1.165, 1.54) is 19.1 Å². The van der Waals surface area contributed by atoms with E-state index in [1.54, 1.807) is 0 Å². The van der Waals surface area contributed by atoms with Gasteiger partial charge < -0.3 is 20.6 Å². The fourth-order valence-electron chi connectivity index (χ4n) is 1.05. The molecule has 17 heavy (non-hydrogen) atoms. The summed E-state index contributed by atoms with van der Waals surface area (Å²) in [5.41, 5.74) is -1.32. The number of carboxylic acid groups (broad SMARTS) is 1. The van der Waals surface area contributed by atoms with Crippen molar-refractivity contribution in [3.8, 4) is 0 Å².